The molecule has 32 heavy (non-hydrogen) atoms. The molecule has 0 amide bonds. The third-order valence-electron chi connectivity index (χ3n) is 5.41. The normalized spacial score (nSPS) is 14.0. The Morgan fingerprint density at radius 3 is 2.81 bits per heavy atom. The first-order valence-corrected chi connectivity index (χ1v) is 10.6. The van der Waals surface area contributed by atoms with Crippen LogP contribution in [0.4, 0.5) is 17.6 Å². The van der Waals surface area contributed by atoms with Crippen molar-refractivity contribution in [2.45, 2.75) is 13.3 Å². The summed E-state index contributed by atoms with van der Waals surface area (Å²) in [6.45, 7) is 4.52. The molecule has 1 fully saturated rings. The van der Waals surface area contributed by atoms with E-state index in [2.05, 4.69) is 25.4 Å². The predicted octanol–water partition coefficient (Wildman–Crippen LogP) is 3.59. The lowest BCUT2D eigenvalue weighted by atomic mass is 10.1. The number of carbonyl (C=O) groups excluding carboxylic acids is 1. The molecule has 0 saturated carbocycles. The summed E-state index contributed by atoms with van der Waals surface area (Å²) >= 11 is 0. The van der Waals surface area contributed by atoms with Gasteiger partial charge in [0.2, 0.25) is 11.9 Å². The first-order chi connectivity index (χ1) is 15.7. The maximum Gasteiger partial charge on any atom is 0.232 e. The Balaban J connectivity index is 1.57. The van der Waals surface area contributed by atoms with Gasteiger partial charge >= 0.3 is 0 Å². The minimum absolute atomic E-state index is 0.0885. The van der Waals surface area contributed by atoms with Gasteiger partial charge in [-0.2, -0.15) is 20.1 Å². The second kappa shape index (κ2) is 8.72. The highest BCUT2D eigenvalue weighted by Crippen LogP contribution is 2.28. The van der Waals surface area contributed by atoms with Crippen LogP contribution in [-0.4, -0.2) is 57.2 Å². The molecular weight excluding hydrogens is 406 g/mol. The lowest BCUT2D eigenvalue weighted by Crippen LogP contribution is -2.37. The summed E-state index contributed by atoms with van der Waals surface area (Å²) in [7, 11) is 0. The zero-order chi connectivity index (χ0) is 21.9. The Kier molecular flexibility index (Phi) is 5.47. The van der Waals surface area contributed by atoms with Crippen molar-refractivity contribution in [3.8, 4) is 11.4 Å². The molecule has 2 aromatic heterocycles. The molecule has 9 nitrogen and oxygen atoms in total. The molecule has 9 heteroatoms. The molecule has 0 bridgehead atoms. The van der Waals surface area contributed by atoms with Gasteiger partial charge in [-0.25, -0.2) is 0 Å². The van der Waals surface area contributed by atoms with Crippen molar-refractivity contribution in [1.29, 1.82) is 0 Å². The molecular formula is C23H23N7O2. The Morgan fingerprint density at radius 2 is 1.97 bits per heavy atom. The van der Waals surface area contributed by atoms with E-state index in [0.29, 0.717) is 56.0 Å². The molecule has 0 aliphatic carbocycles. The van der Waals surface area contributed by atoms with Gasteiger partial charge < -0.3 is 15.0 Å². The molecule has 4 aromatic rings. The monoisotopic (exact) mass is 429 g/mol. The number of aromatic nitrogens is 5. The minimum Gasteiger partial charge on any atom is -0.378 e. The van der Waals surface area contributed by atoms with Gasteiger partial charge in [-0.3, -0.25) is 9.89 Å². The van der Waals surface area contributed by atoms with Crippen molar-refractivity contribution in [2.24, 2.45) is 0 Å². The van der Waals surface area contributed by atoms with E-state index >= 15 is 0 Å². The average Bonchev–Trinajstić information content (AvgIpc) is 3.33. The first-order valence-electron chi connectivity index (χ1n) is 10.6. The van der Waals surface area contributed by atoms with Crippen LogP contribution in [0.5, 0.6) is 0 Å². The summed E-state index contributed by atoms with van der Waals surface area (Å²) in [4.78, 5) is 28.3. The van der Waals surface area contributed by atoms with Crippen LogP contribution in [0, 0.1) is 0 Å². The van der Waals surface area contributed by atoms with E-state index in [-0.39, 0.29) is 5.78 Å². The fourth-order valence-electron chi connectivity index (χ4n) is 3.71. The number of hydrogen-bond acceptors (Lipinski definition) is 8. The zero-order valence-electron chi connectivity index (χ0n) is 17.7. The summed E-state index contributed by atoms with van der Waals surface area (Å²) in [6, 6.07) is 13.3. The average molecular weight is 429 g/mol. The largest absolute Gasteiger partial charge is 0.378 e. The maximum absolute atomic E-state index is 12.1. The molecule has 0 spiro atoms. The van der Waals surface area contributed by atoms with Crippen LogP contribution in [0.3, 0.4) is 0 Å². The van der Waals surface area contributed by atoms with Gasteiger partial charge in [0.25, 0.3) is 0 Å². The number of carbonyl (C=O) groups is 1. The van der Waals surface area contributed by atoms with E-state index in [0.717, 1.165) is 22.2 Å². The highest BCUT2D eigenvalue weighted by molar-refractivity contribution is 5.97. The van der Waals surface area contributed by atoms with Gasteiger partial charge in [-0.15, -0.1) is 0 Å². The molecule has 0 atom stereocenters. The van der Waals surface area contributed by atoms with E-state index in [1.54, 1.807) is 6.20 Å². The van der Waals surface area contributed by atoms with Crippen LogP contribution in [0.25, 0.3) is 22.3 Å². The quantitative estimate of drug-likeness (QED) is 0.448. The number of benzene rings is 2. The van der Waals surface area contributed by atoms with Crippen molar-refractivity contribution in [1.82, 2.24) is 25.1 Å². The van der Waals surface area contributed by atoms with Crippen molar-refractivity contribution in [2.75, 3.05) is 36.5 Å². The van der Waals surface area contributed by atoms with Crippen LogP contribution in [-0.2, 0) is 4.74 Å². The number of anilines is 3. The molecule has 0 radical (unpaired) electrons. The highest BCUT2D eigenvalue weighted by atomic mass is 16.5. The lowest BCUT2D eigenvalue weighted by Gasteiger charge is -2.27. The molecule has 0 unspecified atom stereocenters. The summed E-state index contributed by atoms with van der Waals surface area (Å²) in [6.07, 6.45) is 2.23. The summed E-state index contributed by atoms with van der Waals surface area (Å²) < 4.78 is 5.48. The van der Waals surface area contributed by atoms with Crippen molar-refractivity contribution in [3.63, 3.8) is 0 Å². The number of ether oxygens (including phenoxy) is 1. The SMILES string of the molecule is CCC(=O)c1cccc(Nc2nc(-c3cccc4[nH]ncc34)nc(N3CCOCC3)n2)c1. The number of aromatic amines is 1. The minimum atomic E-state index is 0.0885. The zero-order valence-corrected chi connectivity index (χ0v) is 17.7. The van der Waals surface area contributed by atoms with Crippen LogP contribution in [0.1, 0.15) is 23.7 Å². The van der Waals surface area contributed by atoms with Crippen LogP contribution in [0.2, 0.25) is 0 Å². The first kappa shape index (κ1) is 20.1. The Hall–Kier alpha value is -3.85. The topological polar surface area (TPSA) is 109 Å². The Labute approximate surface area is 184 Å². The Morgan fingerprint density at radius 1 is 1.12 bits per heavy atom. The summed E-state index contributed by atoms with van der Waals surface area (Å²) in [5.74, 6) is 1.64. The number of hydrogen-bond donors (Lipinski definition) is 2. The third kappa shape index (κ3) is 4.02. The number of ketones is 1. The smallest absolute Gasteiger partial charge is 0.232 e. The van der Waals surface area contributed by atoms with E-state index in [1.165, 1.54) is 0 Å². The number of morpholine rings is 1. The molecule has 3 heterocycles. The van der Waals surface area contributed by atoms with Crippen LogP contribution < -0.4 is 10.2 Å². The van der Waals surface area contributed by atoms with Crippen molar-refractivity contribution >= 4 is 34.3 Å². The van der Waals surface area contributed by atoms with Crippen molar-refractivity contribution < 1.29 is 9.53 Å². The lowest BCUT2D eigenvalue weighted by molar-refractivity contribution is 0.0988. The molecule has 2 N–H and O–H groups in total. The number of rotatable bonds is 6. The maximum atomic E-state index is 12.1. The fourth-order valence-corrected chi connectivity index (χ4v) is 3.71. The van der Waals surface area contributed by atoms with Crippen molar-refractivity contribution in [3.05, 3.63) is 54.2 Å². The fraction of sp³-hybridized carbons (Fsp3) is 0.261. The molecule has 2 aromatic carbocycles. The molecule has 162 valence electrons. The van der Waals surface area contributed by atoms with Gasteiger partial charge in [-0.1, -0.05) is 31.2 Å². The molecule has 1 saturated heterocycles. The second-order valence-electron chi connectivity index (χ2n) is 7.50. The Bertz CT molecular complexity index is 1260. The van der Waals surface area contributed by atoms with Gasteiger partial charge in [0.1, 0.15) is 0 Å². The second-order valence-corrected chi connectivity index (χ2v) is 7.50. The van der Waals surface area contributed by atoms with E-state index in [4.69, 9.17) is 14.7 Å². The molecule has 1 aliphatic heterocycles. The van der Waals surface area contributed by atoms with E-state index < -0.39 is 0 Å². The molecule has 1 aliphatic rings. The number of nitrogens with zero attached hydrogens (tertiary/aromatic N) is 5. The van der Waals surface area contributed by atoms with Gasteiger partial charge in [0.05, 0.1) is 24.9 Å². The number of nitrogens with one attached hydrogen (secondary N) is 2. The van der Waals surface area contributed by atoms with Crippen LogP contribution in [0.15, 0.2) is 48.7 Å². The third-order valence-corrected chi connectivity index (χ3v) is 5.41. The van der Waals surface area contributed by atoms with Gasteiger partial charge in [0, 0.05) is 41.7 Å². The number of H-pyrrole nitrogens is 1. The predicted molar refractivity (Wildman–Crippen MR) is 122 cm³/mol. The van der Waals surface area contributed by atoms with E-state index in [1.807, 2.05) is 49.4 Å². The standard InChI is InChI=1S/C23H23N7O2/c1-2-20(31)15-5-3-6-16(13-15)25-22-26-21(17-7-4-8-19-18(17)14-24-29-19)27-23(28-22)30-9-11-32-12-10-30/h3-8,13-14H,2,9-12H2,1H3,(H,24,29)(H,25,26,27,28). The summed E-state index contributed by atoms with van der Waals surface area (Å²) in [5.41, 5.74) is 3.18. The van der Waals surface area contributed by atoms with E-state index in [9.17, 15) is 4.79 Å². The highest BCUT2D eigenvalue weighted by Gasteiger charge is 2.19. The van der Waals surface area contributed by atoms with Gasteiger partial charge in [0.15, 0.2) is 11.6 Å². The van der Waals surface area contributed by atoms with Gasteiger partial charge in [-0.05, 0) is 18.2 Å². The number of fused-ring (bicyclic) bond motifs is 1. The molecule has 5 rings (SSSR count). The summed E-state index contributed by atoms with van der Waals surface area (Å²) in [5, 5.41) is 11.3. The number of Topliss-reactive ketones (excluding diaryl/α,β-unsaturated/α-hetero) is 1. The van der Waals surface area contributed by atoms with Crippen LogP contribution >= 0.6 is 0 Å².